The topological polar surface area (TPSA) is 54.4 Å². The van der Waals surface area contributed by atoms with Crippen LogP contribution in [0, 0.1) is 0 Å². The van der Waals surface area contributed by atoms with Gasteiger partial charge < -0.3 is 9.64 Å². The molecule has 1 saturated heterocycles. The minimum Gasteiger partial charge on any atom is -0.374 e. The number of thiazole rings is 1. The number of ether oxygens (including phenoxy) is 1. The molecule has 0 N–H and O–H groups in total. The van der Waals surface area contributed by atoms with Crippen molar-refractivity contribution in [2.45, 2.75) is 26.0 Å². The Morgan fingerprint density at radius 1 is 1.48 bits per heavy atom. The summed E-state index contributed by atoms with van der Waals surface area (Å²) in [5.74, 6) is 0.875. The van der Waals surface area contributed by atoms with E-state index < -0.39 is 0 Å². The lowest BCUT2D eigenvalue weighted by Crippen LogP contribution is -2.46. The maximum Gasteiger partial charge on any atom is 0.151 e. The molecule has 3 rings (SSSR count). The Hall–Kier alpha value is -1.57. The van der Waals surface area contributed by atoms with E-state index in [1.165, 1.54) is 10.7 Å². The van der Waals surface area contributed by atoms with Gasteiger partial charge in [0.1, 0.15) is 0 Å². The molecule has 124 valence electrons. The molecule has 1 fully saturated rings. The highest BCUT2D eigenvalue weighted by atomic mass is 32.1. The molecule has 1 aliphatic rings. The standard InChI is InChI=1S/C16H23N5OS/c1-3-16-18-13(12-23-16)9-21-7-8-22-14(11-21)10-20(2)15-5-4-6-17-19-15/h4-6,12,14H,3,7-11H2,1-2H3. The van der Waals surface area contributed by atoms with Crippen molar-refractivity contribution >= 4 is 17.2 Å². The second kappa shape index (κ2) is 7.81. The number of rotatable bonds is 6. The summed E-state index contributed by atoms with van der Waals surface area (Å²) in [6, 6.07) is 3.87. The highest BCUT2D eigenvalue weighted by Crippen LogP contribution is 2.16. The summed E-state index contributed by atoms with van der Waals surface area (Å²) in [6.07, 6.45) is 2.88. The van der Waals surface area contributed by atoms with Gasteiger partial charge in [-0.3, -0.25) is 4.90 Å². The molecular formula is C16H23N5OS. The number of anilines is 1. The summed E-state index contributed by atoms with van der Waals surface area (Å²) >= 11 is 1.75. The predicted octanol–water partition coefficient (Wildman–Crippen LogP) is 1.83. The number of nitrogens with zero attached hydrogens (tertiary/aromatic N) is 5. The molecule has 1 unspecified atom stereocenters. The summed E-state index contributed by atoms with van der Waals surface area (Å²) < 4.78 is 5.92. The maximum atomic E-state index is 5.92. The van der Waals surface area contributed by atoms with E-state index in [0.29, 0.717) is 0 Å². The Morgan fingerprint density at radius 3 is 3.13 bits per heavy atom. The van der Waals surface area contributed by atoms with Crippen LogP contribution in [0.5, 0.6) is 0 Å². The number of hydrogen-bond donors (Lipinski definition) is 0. The highest BCUT2D eigenvalue weighted by Gasteiger charge is 2.22. The Labute approximate surface area is 141 Å². The number of morpholine rings is 1. The molecule has 0 aliphatic carbocycles. The quantitative estimate of drug-likeness (QED) is 0.804. The van der Waals surface area contributed by atoms with Crippen molar-refractivity contribution < 1.29 is 4.74 Å². The SMILES string of the molecule is CCc1nc(CN2CCOC(CN(C)c3cccnn3)C2)cs1. The van der Waals surface area contributed by atoms with Gasteiger partial charge in [-0.2, -0.15) is 5.10 Å². The van der Waals surface area contributed by atoms with Crippen LogP contribution in [0.3, 0.4) is 0 Å². The summed E-state index contributed by atoms with van der Waals surface area (Å²) in [5, 5.41) is 11.5. The first-order valence-corrected chi connectivity index (χ1v) is 8.88. The summed E-state index contributed by atoms with van der Waals surface area (Å²) in [5.41, 5.74) is 1.18. The maximum absolute atomic E-state index is 5.92. The highest BCUT2D eigenvalue weighted by molar-refractivity contribution is 7.09. The second-order valence-electron chi connectivity index (χ2n) is 5.78. The minimum atomic E-state index is 0.181. The predicted molar refractivity (Wildman–Crippen MR) is 91.8 cm³/mol. The molecule has 0 amide bonds. The van der Waals surface area contributed by atoms with Crippen LogP contribution < -0.4 is 4.90 Å². The Bertz CT molecular complexity index is 606. The molecule has 2 aromatic rings. The van der Waals surface area contributed by atoms with E-state index in [4.69, 9.17) is 4.74 Å². The molecule has 1 aliphatic heterocycles. The van der Waals surface area contributed by atoms with Gasteiger partial charge in [0.2, 0.25) is 0 Å². The van der Waals surface area contributed by atoms with Crippen molar-refractivity contribution in [3.63, 3.8) is 0 Å². The number of hydrogen-bond acceptors (Lipinski definition) is 7. The number of aromatic nitrogens is 3. The minimum absolute atomic E-state index is 0.181. The van der Waals surface area contributed by atoms with E-state index in [2.05, 4.69) is 37.3 Å². The molecule has 0 aromatic carbocycles. The molecule has 23 heavy (non-hydrogen) atoms. The average molecular weight is 333 g/mol. The first kappa shape index (κ1) is 16.3. The zero-order valence-electron chi connectivity index (χ0n) is 13.7. The van der Waals surface area contributed by atoms with Crippen molar-refractivity contribution in [2.24, 2.45) is 0 Å². The lowest BCUT2D eigenvalue weighted by Gasteiger charge is -2.34. The fourth-order valence-corrected chi connectivity index (χ4v) is 3.48. The van der Waals surface area contributed by atoms with Crippen LogP contribution >= 0.6 is 11.3 Å². The van der Waals surface area contributed by atoms with E-state index >= 15 is 0 Å². The van der Waals surface area contributed by atoms with Crippen LogP contribution in [0.2, 0.25) is 0 Å². The van der Waals surface area contributed by atoms with E-state index in [0.717, 1.165) is 45.0 Å². The van der Waals surface area contributed by atoms with Gasteiger partial charge in [-0.15, -0.1) is 16.4 Å². The first-order valence-electron chi connectivity index (χ1n) is 8.00. The van der Waals surface area contributed by atoms with E-state index in [1.807, 2.05) is 19.2 Å². The van der Waals surface area contributed by atoms with Crippen molar-refractivity contribution in [1.29, 1.82) is 0 Å². The van der Waals surface area contributed by atoms with Gasteiger partial charge in [-0.1, -0.05) is 6.92 Å². The molecule has 0 spiro atoms. The van der Waals surface area contributed by atoms with E-state index in [9.17, 15) is 0 Å². The molecule has 3 heterocycles. The smallest absolute Gasteiger partial charge is 0.151 e. The summed E-state index contributed by atoms with van der Waals surface area (Å²) in [7, 11) is 2.03. The molecule has 6 nitrogen and oxygen atoms in total. The van der Waals surface area contributed by atoms with Gasteiger partial charge in [0.05, 0.1) is 23.4 Å². The van der Waals surface area contributed by atoms with Crippen LogP contribution in [-0.2, 0) is 17.7 Å². The van der Waals surface area contributed by atoms with Crippen LogP contribution in [0.25, 0.3) is 0 Å². The summed E-state index contributed by atoms with van der Waals surface area (Å²) in [4.78, 5) is 9.18. The van der Waals surface area contributed by atoms with Crippen molar-refractivity contribution in [3.05, 3.63) is 34.4 Å². The molecule has 0 bridgehead atoms. The molecular weight excluding hydrogens is 310 g/mol. The van der Waals surface area contributed by atoms with Crippen LogP contribution in [0.4, 0.5) is 5.82 Å². The van der Waals surface area contributed by atoms with Gasteiger partial charge in [0, 0.05) is 44.8 Å². The normalized spacial score (nSPS) is 19.0. The molecule has 0 saturated carbocycles. The van der Waals surface area contributed by atoms with Crippen molar-refractivity contribution in [1.82, 2.24) is 20.1 Å². The summed E-state index contributed by atoms with van der Waals surface area (Å²) in [6.45, 7) is 6.52. The second-order valence-corrected chi connectivity index (χ2v) is 6.72. The van der Waals surface area contributed by atoms with E-state index in [-0.39, 0.29) is 6.10 Å². The fraction of sp³-hybridized carbons (Fsp3) is 0.562. The Morgan fingerprint density at radius 2 is 2.39 bits per heavy atom. The third-order valence-electron chi connectivity index (χ3n) is 3.94. The zero-order chi connectivity index (χ0) is 16.1. The van der Waals surface area contributed by atoms with Crippen molar-refractivity contribution in [3.8, 4) is 0 Å². The van der Waals surface area contributed by atoms with E-state index in [1.54, 1.807) is 17.5 Å². The first-order chi connectivity index (χ1) is 11.2. The Balaban J connectivity index is 1.53. The molecule has 1 atom stereocenters. The van der Waals surface area contributed by atoms with Gasteiger partial charge in [-0.05, 0) is 18.6 Å². The molecule has 7 heteroatoms. The van der Waals surface area contributed by atoms with Gasteiger partial charge in [0.15, 0.2) is 5.82 Å². The lowest BCUT2D eigenvalue weighted by molar-refractivity contribution is -0.0268. The zero-order valence-corrected chi connectivity index (χ0v) is 14.5. The van der Waals surface area contributed by atoms with Crippen LogP contribution in [0.1, 0.15) is 17.6 Å². The van der Waals surface area contributed by atoms with Gasteiger partial charge in [0.25, 0.3) is 0 Å². The largest absolute Gasteiger partial charge is 0.374 e. The van der Waals surface area contributed by atoms with Crippen molar-refractivity contribution in [2.75, 3.05) is 38.2 Å². The third kappa shape index (κ3) is 4.46. The monoisotopic (exact) mass is 333 g/mol. The molecule has 0 radical (unpaired) electrons. The Kier molecular flexibility index (Phi) is 5.53. The fourth-order valence-electron chi connectivity index (χ4n) is 2.74. The number of aryl methyl sites for hydroxylation is 1. The van der Waals surface area contributed by atoms with Gasteiger partial charge in [-0.25, -0.2) is 4.98 Å². The van der Waals surface area contributed by atoms with Crippen LogP contribution in [-0.4, -0.2) is 59.5 Å². The van der Waals surface area contributed by atoms with Crippen LogP contribution in [0.15, 0.2) is 23.7 Å². The molecule has 2 aromatic heterocycles. The average Bonchev–Trinajstić information content (AvgIpc) is 3.03. The number of likely N-dealkylation sites (N-methyl/N-ethyl adjacent to an activating group) is 1. The lowest BCUT2D eigenvalue weighted by atomic mass is 10.2. The third-order valence-corrected chi connectivity index (χ3v) is 4.98. The van der Waals surface area contributed by atoms with Gasteiger partial charge >= 0.3 is 0 Å².